The molecule has 2 amide bonds. The third kappa shape index (κ3) is 3.24. The van der Waals surface area contributed by atoms with Gasteiger partial charge in [0.25, 0.3) is 11.8 Å². The lowest BCUT2D eigenvalue weighted by atomic mass is 10.1. The third-order valence-electron chi connectivity index (χ3n) is 2.96. The predicted octanol–water partition coefficient (Wildman–Crippen LogP) is 0.927. The van der Waals surface area contributed by atoms with Crippen molar-refractivity contribution in [3.05, 3.63) is 34.9 Å². The molecule has 0 saturated carbocycles. The van der Waals surface area contributed by atoms with Gasteiger partial charge in [-0.25, -0.2) is 0 Å². The molecule has 1 aliphatic rings. The zero-order chi connectivity index (χ0) is 13.8. The van der Waals surface area contributed by atoms with E-state index in [1.165, 1.54) is 0 Å². The van der Waals surface area contributed by atoms with Crippen LogP contribution in [0.1, 0.15) is 10.4 Å². The van der Waals surface area contributed by atoms with E-state index in [0.717, 1.165) is 0 Å². The Labute approximate surface area is 116 Å². The Kier molecular flexibility index (Phi) is 4.39. The molecule has 0 aliphatic carbocycles. The minimum Gasteiger partial charge on any atom is -0.365 e. The molecule has 0 unspecified atom stereocenters. The van der Waals surface area contributed by atoms with Crippen LogP contribution in [-0.4, -0.2) is 49.6 Å². The summed E-state index contributed by atoms with van der Waals surface area (Å²) in [6, 6.07) is 6.77. The van der Waals surface area contributed by atoms with Gasteiger partial charge in [-0.05, 0) is 18.2 Å². The molecule has 1 saturated heterocycles. The number of carbonyl (C=O) groups is 2. The van der Waals surface area contributed by atoms with Gasteiger partial charge in [-0.1, -0.05) is 17.7 Å². The molecule has 2 rings (SSSR count). The smallest absolute Gasteiger partial charge is 0.254 e. The lowest BCUT2D eigenvalue weighted by molar-refractivity contribution is -0.136. The van der Waals surface area contributed by atoms with Crippen LogP contribution >= 0.6 is 11.6 Å². The summed E-state index contributed by atoms with van der Waals surface area (Å²) in [5.41, 5.74) is 0.519. The van der Waals surface area contributed by atoms with Gasteiger partial charge in [0.05, 0.1) is 13.2 Å². The lowest BCUT2D eigenvalue weighted by Crippen LogP contribution is -2.51. The van der Waals surface area contributed by atoms with Crippen molar-refractivity contribution in [1.82, 2.24) is 10.2 Å². The van der Waals surface area contributed by atoms with Gasteiger partial charge in [-0.15, -0.1) is 0 Å². The molecular formula is C13H15ClN2O3. The Morgan fingerprint density at radius 1 is 1.47 bits per heavy atom. The summed E-state index contributed by atoms with van der Waals surface area (Å²) in [5.74, 6) is -0.358. The quantitative estimate of drug-likeness (QED) is 0.878. The highest BCUT2D eigenvalue weighted by molar-refractivity contribution is 6.30. The SMILES string of the molecule is CNC(=O)[C@H]1CN(C(=O)c2cccc(Cl)c2)CCO1. The molecule has 1 atom stereocenters. The summed E-state index contributed by atoms with van der Waals surface area (Å²) in [5, 5.41) is 3.04. The van der Waals surface area contributed by atoms with Crippen molar-refractivity contribution in [3.8, 4) is 0 Å². The van der Waals surface area contributed by atoms with Gasteiger partial charge in [-0.2, -0.15) is 0 Å². The van der Waals surface area contributed by atoms with Crippen LogP contribution in [-0.2, 0) is 9.53 Å². The van der Waals surface area contributed by atoms with Crippen molar-refractivity contribution < 1.29 is 14.3 Å². The average Bonchev–Trinajstić information content (AvgIpc) is 2.45. The molecule has 1 fully saturated rings. The lowest BCUT2D eigenvalue weighted by Gasteiger charge is -2.32. The van der Waals surface area contributed by atoms with E-state index in [1.54, 1.807) is 36.2 Å². The molecule has 0 bridgehead atoms. The predicted molar refractivity (Wildman–Crippen MR) is 71.2 cm³/mol. The number of benzene rings is 1. The van der Waals surface area contributed by atoms with Crippen LogP contribution in [0.25, 0.3) is 0 Å². The topological polar surface area (TPSA) is 58.6 Å². The van der Waals surface area contributed by atoms with Gasteiger partial charge in [-0.3, -0.25) is 9.59 Å². The molecule has 1 heterocycles. The van der Waals surface area contributed by atoms with Gasteiger partial charge < -0.3 is 15.0 Å². The highest BCUT2D eigenvalue weighted by Crippen LogP contribution is 2.15. The molecule has 0 radical (unpaired) electrons. The number of carbonyl (C=O) groups excluding carboxylic acids is 2. The summed E-state index contributed by atoms with van der Waals surface area (Å²) < 4.78 is 5.34. The number of likely N-dealkylation sites (N-methyl/N-ethyl adjacent to an activating group) is 1. The Morgan fingerprint density at radius 2 is 2.26 bits per heavy atom. The van der Waals surface area contributed by atoms with Crippen LogP contribution in [0.5, 0.6) is 0 Å². The minimum absolute atomic E-state index is 0.139. The van der Waals surface area contributed by atoms with E-state index in [0.29, 0.717) is 23.7 Å². The van der Waals surface area contributed by atoms with Crippen LogP contribution in [0, 0.1) is 0 Å². The number of nitrogens with zero attached hydrogens (tertiary/aromatic N) is 1. The van der Waals surface area contributed by atoms with Crippen molar-refractivity contribution in [3.63, 3.8) is 0 Å². The Morgan fingerprint density at radius 3 is 2.95 bits per heavy atom. The number of morpholine rings is 1. The van der Waals surface area contributed by atoms with E-state index in [9.17, 15) is 9.59 Å². The zero-order valence-corrected chi connectivity index (χ0v) is 11.3. The Hall–Kier alpha value is -1.59. The molecule has 1 aliphatic heterocycles. The Balaban J connectivity index is 2.09. The van der Waals surface area contributed by atoms with Gasteiger partial charge >= 0.3 is 0 Å². The Bertz CT molecular complexity index is 493. The second-order valence-electron chi connectivity index (χ2n) is 4.24. The molecule has 0 spiro atoms. The molecule has 19 heavy (non-hydrogen) atoms. The number of hydrogen-bond acceptors (Lipinski definition) is 3. The first kappa shape index (κ1) is 13.8. The summed E-state index contributed by atoms with van der Waals surface area (Å²) in [7, 11) is 1.55. The van der Waals surface area contributed by atoms with Crippen molar-refractivity contribution in [2.45, 2.75) is 6.10 Å². The third-order valence-corrected chi connectivity index (χ3v) is 3.20. The van der Waals surface area contributed by atoms with Crippen molar-refractivity contribution in [2.75, 3.05) is 26.7 Å². The number of nitrogens with one attached hydrogen (secondary N) is 1. The molecule has 5 nitrogen and oxygen atoms in total. The maximum absolute atomic E-state index is 12.3. The molecule has 102 valence electrons. The monoisotopic (exact) mass is 282 g/mol. The summed E-state index contributed by atoms with van der Waals surface area (Å²) in [4.78, 5) is 25.4. The fourth-order valence-corrected chi connectivity index (χ4v) is 2.15. The van der Waals surface area contributed by atoms with Crippen molar-refractivity contribution in [1.29, 1.82) is 0 Å². The second kappa shape index (κ2) is 6.04. The van der Waals surface area contributed by atoms with E-state index < -0.39 is 6.10 Å². The highest BCUT2D eigenvalue weighted by Gasteiger charge is 2.29. The van der Waals surface area contributed by atoms with E-state index in [1.807, 2.05) is 0 Å². The van der Waals surface area contributed by atoms with E-state index in [4.69, 9.17) is 16.3 Å². The van der Waals surface area contributed by atoms with Crippen LogP contribution in [0.15, 0.2) is 24.3 Å². The fraction of sp³-hybridized carbons (Fsp3) is 0.385. The summed E-state index contributed by atoms with van der Waals surface area (Å²) >= 11 is 5.87. The van der Waals surface area contributed by atoms with Crippen LogP contribution < -0.4 is 5.32 Å². The van der Waals surface area contributed by atoms with Crippen molar-refractivity contribution >= 4 is 23.4 Å². The van der Waals surface area contributed by atoms with Gasteiger partial charge in [0.15, 0.2) is 6.10 Å². The molecular weight excluding hydrogens is 268 g/mol. The second-order valence-corrected chi connectivity index (χ2v) is 4.67. The van der Waals surface area contributed by atoms with E-state index in [-0.39, 0.29) is 18.4 Å². The first-order valence-corrected chi connectivity index (χ1v) is 6.37. The number of ether oxygens (including phenoxy) is 1. The summed E-state index contributed by atoms with van der Waals surface area (Å²) in [6.45, 7) is 1.08. The maximum Gasteiger partial charge on any atom is 0.254 e. The number of halogens is 1. The molecule has 6 heteroatoms. The molecule has 1 N–H and O–H groups in total. The van der Waals surface area contributed by atoms with Crippen LogP contribution in [0.3, 0.4) is 0 Å². The van der Waals surface area contributed by atoms with E-state index >= 15 is 0 Å². The summed E-state index contributed by atoms with van der Waals surface area (Å²) in [6.07, 6.45) is -0.609. The number of rotatable bonds is 2. The normalized spacial score (nSPS) is 19.1. The van der Waals surface area contributed by atoms with Gasteiger partial charge in [0.2, 0.25) is 0 Å². The van der Waals surface area contributed by atoms with Gasteiger partial charge in [0, 0.05) is 24.2 Å². The van der Waals surface area contributed by atoms with E-state index in [2.05, 4.69) is 5.32 Å². The maximum atomic E-state index is 12.3. The molecule has 0 aromatic heterocycles. The average molecular weight is 283 g/mol. The first-order valence-electron chi connectivity index (χ1n) is 6.00. The number of hydrogen-bond donors (Lipinski definition) is 1. The molecule has 1 aromatic rings. The minimum atomic E-state index is -0.609. The first-order chi connectivity index (χ1) is 9.11. The molecule has 1 aromatic carbocycles. The number of amides is 2. The highest BCUT2D eigenvalue weighted by atomic mass is 35.5. The fourth-order valence-electron chi connectivity index (χ4n) is 1.96. The standard InChI is InChI=1S/C13H15ClN2O3/c1-15-12(17)11-8-16(5-6-19-11)13(18)9-3-2-4-10(14)7-9/h2-4,7,11H,5-6,8H2,1H3,(H,15,17)/t11-/m1/s1. The van der Waals surface area contributed by atoms with Crippen LogP contribution in [0.4, 0.5) is 0 Å². The zero-order valence-electron chi connectivity index (χ0n) is 10.6. The van der Waals surface area contributed by atoms with Gasteiger partial charge in [0.1, 0.15) is 0 Å². The van der Waals surface area contributed by atoms with Crippen molar-refractivity contribution in [2.24, 2.45) is 0 Å². The van der Waals surface area contributed by atoms with Crippen LogP contribution in [0.2, 0.25) is 5.02 Å². The largest absolute Gasteiger partial charge is 0.365 e.